The van der Waals surface area contributed by atoms with E-state index in [0.717, 1.165) is 12.8 Å². The molecule has 0 aromatic rings. The van der Waals surface area contributed by atoms with E-state index in [1.165, 1.54) is 0 Å². The fraction of sp³-hybridized carbons (Fsp3) is 1.00. The minimum Gasteiger partial charge on any atom is -0.392 e. The summed E-state index contributed by atoms with van der Waals surface area (Å²) in [5.41, 5.74) is 0. The Bertz CT molecular complexity index is 89.6. The molecule has 0 spiro atoms. The maximum atomic E-state index is 9.20. The molecule has 2 unspecified atom stereocenters. The van der Waals surface area contributed by atoms with Crippen LogP contribution in [0.15, 0.2) is 0 Å². The first-order valence-corrected chi connectivity index (χ1v) is 4.55. The molecule has 0 aromatic heterocycles. The van der Waals surface area contributed by atoms with Crippen LogP contribution in [0.2, 0.25) is 0 Å². The standard InChI is InChI=1S/C9H21NO/c1-5-9(6-2)10-7(3)8(4)11/h7-11H,5-6H2,1-4H3. The van der Waals surface area contributed by atoms with Crippen molar-refractivity contribution in [3.8, 4) is 0 Å². The molecule has 0 bridgehead atoms. The van der Waals surface area contributed by atoms with Gasteiger partial charge in [-0.05, 0) is 26.7 Å². The monoisotopic (exact) mass is 159 g/mol. The predicted octanol–water partition coefficient (Wildman–Crippen LogP) is 1.53. The number of hydrogen-bond donors (Lipinski definition) is 2. The highest BCUT2D eigenvalue weighted by Crippen LogP contribution is 2.00. The molecule has 68 valence electrons. The number of hydrogen-bond acceptors (Lipinski definition) is 2. The number of aliphatic hydroxyl groups excluding tert-OH is 1. The minimum absolute atomic E-state index is 0.208. The lowest BCUT2D eigenvalue weighted by atomic mass is 10.1. The molecular formula is C9H21NO. The predicted molar refractivity (Wildman–Crippen MR) is 48.6 cm³/mol. The molecule has 2 heteroatoms. The van der Waals surface area contributed by atoms with Gasteiger partial charge in [0, 0.05) is 12.1 Å². The van der Waals surface area contributed by atoms with Crippen LogP contribution in [0.1, 0.15) is 40.5 Å². The van der Waals surface area contributed by atoms with E-state index in [-0.39, 0.29) is 12.1 Å². The zero-order chi connectivity index (χ0) is 8.85. The van der Waals surface area contributed by atoms with Gasteiger partial charge in [0.2, 0.25) is 0 Å². The lowest BCUT2D eigenvalue weighted by Crippen LogP contribution is -2.41. The van der Waals surface area contributed by atoms with Crippen LogP contribution < -0.4 is 5.32 Å². The minimum atomic E-state index is -0.254. The van der Waals surface area contributed by atoms with E-state index in [9.17, 15) is 5.11 Å². The third kappa shape index (κ3) is 4.38. The van der Waals surface area contributed by atoms with Crippen LogP contribution in [0.5, 0.6) is 0 Å². The summed E-state index contributed by atoms with van der Waals surface area (Å²) in [5, 5.41) is 12.6. The Morgan fingerprint density at radius 3 is 1.91 bits per heavy atom. The highest BCUT2D eigenvalue weighted by atomic mass is 16.3. The van der Waals surface area contributed by atoms with E-state index in [1.54, 1.807) is 0 Å². The summed E-state index contributed by atoms with van der Waals surface area (Å²) in [7, 11) is 0. The van der Waals surface area contributed by atoms with Crippen LogP contribution in [0.4, 0.5) is 0 Å². The van der Waals surface area contributed by atoms with Crippen LogP contribution >= 0.6 is 0 Å². The van der Waals surface area contributed by atoms with Gasteiger partial charge in [0.15, 0.2) is 0 Å². The molecule has 0 saturated carbocycles. The first-order chi connectivity index (χ1) is 5.11. The first kappa shape index (κ1) is 10.9. The molecule has 0 radical (unpaired) electrons. The summed E-state index contributed by atoms with van der Waals surface area (Å²) in [6, 6.07) is 0.763. The van der Waals surface area contributed by atoms with E-state index in [0.29, 0.717) is 6.04 Å². The SMILES string of the molecule is CCC(CC)NC(C)C(C)O. The van der Waals surface area contributed by atoms with Crippen molar-refractivity contribution in [3.05, 3.63) is 0 Å². The van der Waals surface area contributed by atoms with Gasteiger partial charge in [0.1, 0.15) is 0 Å². The molecular weight excluding hydrogens is 138 g/mol. The molecule has 2 atom stereocenters. The molecule has 0 aliphatic carbocycles. The zero-order valence-electron chi connectivity index (χ0n) is 8.09. The zero-order valence-corrected chi connectivity index (χ0v) is 8.09. The summed E-state index contributed by atoms with van der Waals surface area (Å²) < 4.78 is 0. The number of aliphatic hydroxyl groups is 1. The molecule has 0 saturated heterocycles. The van der Waals surface area contributed by atoms with Crippen LogP contribution in [0.25, 0.3) is 0 Å². The number of rotatable bonds is 5. The second-order valence-electron chi connectivity index (χ2n) is 3.21. The maximum absolute atomic E-state index is 9.20. The van der Waals surface area contributed by atoms with Gasteiger partial charge in [0.25, 0.3) is 0 Å². The highest BCUT2D eigenvalue weighted by molar-refractivity contribution is 4.72. The Hall–Kier alpha value is -0.0800. The Labute approximate surface area is 70.0 Å². The van der Waals surface area contributed by atoms with Crippen molar-refractivity contribution in [3.63, 3.8) is 0 Å². The third-order valence-corrected chi connectivity index (χ3v) is 2.21. The summed E-state index contributed by atoms with van der Waals surface area (Å²) in [6.07, 6.45) is 2.01. The average Bonchev–Trinajstić information content (AvgIpc) is 1.99. The van der Waals surface area contributed by atoms with Crippen molar-refractivity contribution in [2.45, 2.75) is 58.7 Å². The van der Waals surface area contributed by atoms with Crippen molar-refractivity contribution in [1.29, 1.82) is 0 Å². The van der Waals surface area contributed by atoms with Gasteiger partial charge in [-0.15, -0.1) is 0 Å². The van der Waals surface area contributed by atoms with Gasteiger partial charge in [-0.25, -0.2) is 0 Å². The van der Waals surface area contributed by atoms with Crippen LogP contribution in [-0.4, -0.2) is 23.3 Å². The molecule has 0 aliphatic heterocycles. The fourth-order valence-corrected chi connectivity index (χ4v) is 1.04. The Balaban J connectivity index is 3.62. The second kappa shape index (κ2) is 5.56. The van der Waals surface area contributed by atoms with Crippen molar-refractivity contribution in [2.24, 2.45) is 0 Å². The summed E-state index contributed by atoms with van der Waals surface area (Å²) >= 11 is 0. The van der Waals surface area contributed by atoms with Gasteiger partial charge in [-0.2, -0.15) is 0 Å². The fourth-order valence-electron chi connectivity index (χ4n) is 1.04. The average molecular weight is 159 g/mol. The van der Waals surface area contributed by atoms with Gasteiger partial charge in [0.05, 0.1) is 6.10 Å². The molecule has 0 aromatic carbocycles. The van der Waals surface area contributed by atoms with Gasteiger partial charge in [-0.3, -0.25) is 0 Å². The second-order valence-corrected chi connectivity index (χ2v) is 3.21. The Kier molecular flexibility index (Phi) is 5.51. The van der Waals surface area contributed by atoms with E-state index in [1.807, 2.05) is 13.8 Å². The topological polar surface area (TPSA) is 32.3 Å². The normalized spacial score (nSPS) is 16.9. The maximum Gasteiger partial charge on any atom is 0.0662 e. The summed E-state index contributed by atoms with van der Waals surface area (Å²) in [6.45, 7) is 8.16. The van der Waals surface area contributed by atoms with Crippen molar-refractivity contribution in [1.82, 2.24) is 5.32 Å². The highest BCUT2D eigenvalue weighted by Gasteiger charge is 2.11. The molecule has 2 nitrogen and oxygen atoms in total. The quantitative estimate of drug-likeness (QED) is 0.637. The van der Waals surface area contributed by atoms with Crippen LogP contribution in [-0.2, 0) is 0 Å². The summed E-state index contributed by atoms with van der Waals surface area (Å²) in [4.78, 5) is 0. The van der Waals surface area contributed by atoms with Gasteiger partial charge in [-0.1, -0.05) is 13.8 Å². The molecule has 11 heavy (non-hydrogen) atoms. The van der Waals surface area contributed by atoms with Crippen molar-refractivity contribution >= 4 is 0 Å². The molecule has 0 aliphatic rings. The third-order valence-electron chi connectivity index (χ3n) is 2.21. The molecule has 0 rings (SSSR count). The molecule has 0 fully saturated rings. The Morgan fingerprint density at radius 2 is 1.64 bits per heavy atom. The molecule has 0 heterocycles. The first-order valence-electron chi connectivity index (χ1n) is 4.55. The van der Waals surface area contributed by atoms with E-state index in [2.05, 4.69) is 19.2 Å². The number of nitrogens with one attached hydrogen (secondary N) is 1. The van der Waals surface area contributed by atoms with E-state index >= 15 is 0 Å². The van der Waals surface area contributed by atoms with Gasteiger partial charge < -0.3 is 10.4 Å². The smallest absolute Gasteiger partial charge is 0.0662 e. The lowest BCUT2D eigenvalue weighted by Gasteiger charge is -2.22. The molecule has 2 N–H and O–H groups in total. The van der Waals surface area contributed by atoms with Crippen LogP contribution in [0, 0.1) is 0 Å². The van der Waals surface area contributed by atoms with Gasteiger partial charge >= 0.3 is 0 Å². The lowest BCUT2D eigenvalue weighted by molar-refractivity contribution is 0.144. The Morgan fingerprint density at radius 1 is 1.18 bits per heavy atom. The van der Waals surface area contributed by atoms with E-state index < -0.39 is 0 Å². The van der Waals surface area contributed by atoms with Crippen molar-refractivity contribution in [2.75, 3.05) is 0 Å². The van der Waals surface area contributed by atoms with Crippen LogP contribution in [0.3, 0.4) is 0 Å². The molecule has 0 amide bonds. The summed E-state index contributed by atoms with van der Waals surface area (Å²) in [5.74, 6) is 0. The van der Waals surface area contributed by atoms with E-state index in [4.69, 9.17) is 0 Å². The largest absolute Gasteiger partial charge is 0.392 e. The van der Waals surface area contributed by atoms with Crippen molar-refractivity contribution < 1.29 is 5.11 Å².